The van der Waals surface area contributed by atoms with Gasteiger partial charge in [-0.25, -0.2) is 0 Å². The van der Waals surface area contributed by atoms with Gasteiger partial charge in [0.15, 0.2) is 0 Å². The average Bonchev–Trinajstić information content (AvgIpc) is 2.25. The Labute approximate surface area is 90.9 Å². The first-order chi connectivity index (χ1) is 7.22. The number of aliphatic carboxylic acids is 1. The minimum atomic E-state index is -0.731. The fourth-order valence-corrected chi connectivity index (χ4v) is 1.50. The van der Waals surface area contributed by atoms with Crippen molar-refractivity contribution in [3.05, 3.63) is 35.4 Å². The maximum atomic E-state index is 10.4. The summed E-state index contributed by atoms with van der Waals surface area (Å²) in [5.74, 6) is -0.731. The van der Waals surface area contributed by atoms with E-state index < -0.39 is 5.97 Å². The van der Waals surface area contributed by atoms with E-state index in [1.54, 1.807) is 0 Å². The van der Waals surface area contributed by atoms with Crippen LogP contribution >= 0.6 is 0 Å². The maximum absolute atomic E-state index is 10.4. The van der Waals surface area contributed by atoms with Gasteiger partial charge in [-0.05, 0) is 30.4 Å². The molecule has 0 fully saturated rings. The Kier molecular flexibility index (Phi) is 4.88. The number of carboxylic acid groups (broad SMARTS) is 1. The van der Waals surface area contributed by atoms with E-state index in [0.717, 1.165) is 12.0 Å². The second-order valence-corrected chi connectivity index (χ2v) is 3.81. The summed E-state index contributed by atoms with van der Waals surface area (Å²) in [7, 11) is 0. The van der Waals surface area contributed by atoms with Crippen LogP contribution in [0, 0.1) is 0 Å². The SMILES string of the molecule is CCCCc1ccc(CCC(=O)O)cc1. The largest absolute Gasteiger partial charge is 0.481 e. The van der Waals surface area contributed by atoms with Crippen LogP contribution in [0.4, 0.5) is 0 Å². The molecule has 15 heavy (non-hydrogen) atoms. The van der Waals surface area contributed by atoms with Gasteiger partial charge in [0.25, 0.3) is 0 Å². The van der Waals surface area contributed by atoms with Crippen LogP contribution in [0.5, 0.6) is 0 Å². The van der Waals surface area contributed by atoms with Crippen LogP contribution in [0.3, 0.4) is 0 Å². The first kappa shape index (κ1) is 11.8. The van der Waals surface area contributed by atoms with Crippen LogP contribution in [0.2, 0.25) is 0 Å². The van der Waals surface area contributed by atoms with Gasteiger partial charge < -0.3 is 5.11 Å². The standard InChI is InChI=1S/C13H18O2/c1-2-3-4-11-5-7-12(8-6-11)9-10-13(14)15/h5-8H,2-4,9-10H2,1H3,(H,14,15). The fourth-order valence-electron chi connectivity index (χ4n) is 1.50. The van der Waals surface area contributed by atoms with Crippen molar-refractivity contribution in [1.29, 1.82) is 0 Å². The Hall–Kier alpha value is -1.31. The monoisotopic (exact) mass is 206 g/mol. The van der Waals surface area contributed by atoms with Gasteiger partial charge >= 0.3 is 5.97 Å². The first-order valence-electron chi connectivity index (χ1n) is 5.52. The highest BCUT2D eigenvalue weighted by molar-refractivity contribution is 5.67. The van der Waals surface area contributed by atoms with E-state index in [2.05, 4.69) is 19.1 Å². The summed E-state index contributed by atoms with van der Waals surface area (Å²) < 4.78 is 0. The topological polar surface area (TPSA) is 37.3 Å². The zero-order chi connectivity index (χ0) is 11.1. The van der Waals surface area contributed by atoms with Crippen molar-refractivity contribution in [2.45, 2.75) is 39.0 Å². The van der Waals surface area contributed by atoms with Crippen LogP contribution in [0.15, 0.2) is 24.3 Å². The predicted molar refractivity (Wildman–Crippen MR) is 61.0 cm³/mol. The zero-order valence-electron chi connectivity index (χ0n) is 9.20. The minimum Gasteiger partial charge on any atom is -0.481 e. The van der Waals surface area contributed by atoms with Crippen molar-refractivity contribution in [3.63, 3.8) is 0 Å². The van der Waals surface area contributed by atoms with E-state index in [1.807, 2.05) is 12.1 Å². The summed E-state index contributed by atoms with van der Waals surface area (Å²) in [6.45, 7) is 2.18. The van der Waals surface area contributed by atoms with Gasteiger partial charge in [-0.1, -0.05) is 37.6 Å². The number of carbonyl (C=O) groups is 1. The summed E-state index contributed by atoms with van der Waals surface area (Å²) in [4.78, 5) is 10.4. The number of aryl methyl sites for hydroxylation is 2. The lowest BCUT2D eigenvalue weighted by Gasteiger charge is -2.02. The Morgan fingerprint density at radius 2 is 1.67 bits per heavy atom. The van der Waals surface area contributed by atoms with Crippen molar-refractivity contribution in [2.75, 3.05) is 0 Å². The molecular formula is C13H18O2. The molecule has 2 heteroatoms. The molecule has 0 heterocycles. The van der Waals surface area contributed by atoms with E-state index >= 15 is 0 Å². The lowest BCUT2D eigenvalue weighted by atomic mass is 10.0. The van der Waals surface area contributed by atoms with Gasteiger partial charge in [0.2, 0.25) is 0 Å². The second-order valence-electron chi connectivity index (χ2n) is 3.81. The van der Waals surface area contributed by atoms with Gasteiger partial charge in [0.05, 0.1) is 0 Å². The summed E-state index contributed by atoms with van der Waals surface area (Å²) in [5.41, 5.74) is 2.45. The highest BCUT2D eigenvalue weighted by Gasteiger charge is 1.99. The van der Waals surface area contributed by atoms with E-state index in [1.165, 1.54) is 18.4 Å². The summed E-state index contributed by atoms with van der Waals surface area (Å²) >= 11 is 0. The molecule has 82 valence electrons. The molecule has 0 aliphatic heterocycles. The van der Waals surface area contributed by atoms with Crippen LogP contribution in [-0.4, -0.2) is 11.1 Å². The number of hydrogen-bond donors (Lipinski definition) is 1. The van der Waals surface area contributed by atoms with Crippen molar-refractivity contribution in [3.8, 4) is 0 Å². The third-order valence-electron chi connectivity index (χ3n) is 2.47. The van der Waals surface area contributed by atoms with Crippen molar-refractivity contribution in [1.82, 2.24) is 0 Å². The highest BCUT2D eigenvalue weighted by atomic mass is 16.4. The fraction of sp³-hybridized carbons (Fsp3) is 0.462. The molecule has 0 unspecified atom stereocenters. The molecule has 0 bridgehead atoms. The summed E-state index contributed by atoms with van der Waals surface area (Å²) in [6, 6.07) is 8.28. The molecule has 0 amide bonds. The van der Waals surface area contributed by atoms with Gasteiger partial charge in [-0.15, -0.1) is 0 Å². The number of hydrogen-bond acceptors (Lipinski definition) is 1. The molecule has 1 rings (SSSR count). The van der Waals surface area contributed by atoms with E-state index in [9.17, 15) is 4.79 Å². The van der Waals surface area contributed by atoms with Crippen LogP contribution in [0.25, 0.3) is 0 Å². The lowest BCUT2D eigenvalue weighted by molar-refractivity contribution is -0.136. The van der Waals surface area contributed by atoms with Crippen molar-refractivity contribution in [2.24, 2.45) is 0 Å². The predicted octanol–water partition coefficient (Wildman–Crippen LogP) is 3.05. The number of rotatable bonds is 6. The first-order valence-corrected chi connectivity index (χ1v) is 5.52. The Balaban J connectivity index is 2.45. The number of carboxylic acids is 1. The van der Waals surface area contributed by atoms with E-state index in [0.29, 0.717) is 6.42 Å². The van der Waals surface area contributed by atoms with Gasteiger partial charge in [-0.3, -0.25) is 4.79 Å². The molecule has 2 nitrogen and oxygen atoms in total. The number of unbranched alkanes of at least 4 members (excludes halogenated alkanes) is 1. The van der Waals surface area contributed by atoms with Crippen molar-refractivity contribution < 1.29 is 9.90 Å². The minimum absolute atomic E-state index is 0.217. The molecule has 1 N–H and O–H groups in total. The van der Waals surface area contributed by atoms with Crippen molar-refractivity contribution >= 4 is 5.97 Å². The molecule has 0 aliphatic carbocycles. The second kappa shape index (κ2) is 6.23. The quantitative estimate of drug-likeness (QED) is 0.776. The summed E-state index contributed by atoms with van der Waals surface area (Å²) in [6.07, 6.45) is 4.39. The average molecular weight is 206 g/mol. The van der Waals surface area contributed by atoms with E-state index in [4.69, 9.17) is 5.11 Å². The molecule has 0 atom stereocenters. The Morgan fingerprint density at radius 1 is 1.13 bits per heavy atom. The third kappa shape index (κ3) is 4.63. The maximum Gasteiger partial charge on any atom is 0.303 e. The molecule has 0 aromatic heterocycles. The zero-order valence-corrected chi connectivity index (χ0v) is 9.20. The molecule has 0 saturated heterocycles. The molecule has 0 spiro atoms. The molecule has 0 aliphatic rings. The van der Waals surface area contributed by atoms with Gasteiger partial charge in [0.1, 0.15) is 0 Å². The smallest absolute Gasteiger partial charge is 0.303 e. The summed E-state index contributed by atoms with van der Waals surface area (Å²) in [5, 5.41) is 8.55. The van der Waals surface area contributed by atoms with E-state index in [-0.39, 0.29) is 6.42 Å². The Morgan fingerprint density at radius 3 is 2.13 bits per heavy atom. The molecule has 0 saturated carbocycles. The van der Waals surface area contributed by atoms with Crippen LogP contribution < -0.4 is 0 Å². The molecular weight excluding hydrogens is 188 g/mol. The molecule has 0 radical (unpaired) electrons. The third-order valence-corrected chi connectivity index (χ3v) is 2.47. The van der Waals surface area contributed by atoms with Crippen LogP contribution in [-0.2, 0) is 17.6 Å². The normalized spacial score (nSPS) is 10.2. The van der Waals surface area contributed by atoms with Gasteiger partial charge in [0, 0.05) is 6.42 Å². The highest BCUT2D eigenvalue weighted by Crippen LogP contribution is 2.09. The molecule has 1 aromatic carbocycles. The van der Waals surface area contributed by atoms with Gasteiger partial charge in [-0.2, -0.15) is 0 Å². The Bertz CT molecular complexity index is 301. The van der Waals surface area contributed by atoms with Crippen LogP contribution in [0.1, 0.15) is 37.3 Å². The number of benzene rings is 1. The lowest BCUT2D eigenvalue weighted by Crippen LogP contribution is -1.97. The molecule has 1 aromatic rings.